The van der Waals surface area contributed by atoms with Crippen LogP contribution in [0, 0.1) is 0 Å². The van der Waals surface area contributed by atoms with E-state index >= 15 is 0 Å². The Morgan fingerprint density at radius 3 is 1.21 bits per heavy atom. The quantitative estimate of drug-likeness (QED) is 0.0389. The molecule has 7 nitrogen and oxygen atoms in total. The number of benzene rings is 1. The van der Waals surface area contributed by atoms with Crippen molar-refractivity contribution >= 4 is 17.9 Å². The number of carbonyl (C=O) groups is 3. The van der Waals surface area contributed by atoms with E-state index in [-0.39, 0.29) is 5.97 Å². The molecule has 0 saturated carbocycles. The predicted molar refractivity (Wildman–Crippen MR) is 239 cm³/mol. The molecule has 1 rings (SSSR count). The zero-order valence-electron chi connectivity index (χ0n) is 36.2. The van der Waals surface area contributed by atoms with Crippen molar-refractivity contribution < 1.29 is 29.3 Å². The highest BCUT2D eigenvalue weighted by Gasteiger charge is 2.08. The molecule has 0 atom stereocenters. The van der Waals surface area contributed by atoms with Gasteiger partial charge in [0.05, 0.1) is 6.42 Å². The Balaban J connectivity index is 2.30. The molecule has 0 aliphatic rings. The van der Waals surface area contributed by atoms with Gasteiger partial charge in [-0.3, -0.25) is 14.4 Å². The number of carboxylic acids is 2. The maximum atomic E-state index is 12.3. The number of carboxylic acid groups (broad SMARTS) is 2. The van der Waals surface area contributed by atoms with Crippen molar-refractivity contribution in [1.29, 1.82) is 0 Å². The summed E-state index contributed by atoms with van der Waals surface area (Å²) >= 11 is 0. The number of nitrogens with zero attached hydrogens (tertiary/aromatic N) is 1. The lowest BCUT2D eigenvalue weighted by Crippen LogP contribution is -2.18. The average Bonchev–Trinajstić information content (AvgIpc) is 3.18. The molecule has 0 unspecified atom stereocenters. The highest BCUT2D eigenvalue weighted by Crippen LogP contribution is 2.19. The standard InChI is InChI=1S/C50H81NO6/c1-51(2)40-39-50(56)57-44-47-42-45(35-31-27-23-19-15-11-7-3-5-9-13-17-21-25-29-33-37-48(52)53)41-46(43-47)36-32-28-24-20-16-12-8-4-6-10-14-18-22-26-30-34-38-49(54)55/h5-12,41-43H,3-4,13-40,44H2,1-2H3,(H,52,53)(H,54,55). The maximum Gasteiger partial charge on any atom is 0.307 e. The molecule has 0 spiro atoms. The minimum Gasteiger partial charge on any atom is -0.481 e. The van der Waals surface area contributed by atoms with Crippen molar-refractivity contribution in [3.8, 4) is 0 Å². The Kier molecular flexibility index (Phi) is 34.5. The van der Waals surface area contributed by atoms with Crippen molar-refractivity contribution in [1.82, 2.24) is 4.90 Å². The lowest BCUT2D eigenvalue weighted by Gasteiger charge is -2.12. The first-order chi connectivity index (χ1) is 27.8. The zero-order chi connectivity index (χ0) is 41.4. The summed E-state index contributed by atoms with van der Waals surface area (Å²) in [5, 5.41) is 17.4. The van der Waals surface area contributed by atoms with Gasteiger partial charge in [-0.25, -0.2) is 0 Å². The lowest BCUT2D eigenvalue weighted by atomic mass is 9.97. The summed E-state index contributed by atoms with van der Waals surface area (Å²) in [7, 11) is 3.94. The van der Waals surface area contributed by atoms with E-state index in [0.717, 1.165) is 95.5 Å². The molecule has 7 heteroatoms. The summed E-state index contributed by atoms with van der Waals surface area (Å²) in [6.07, 6.45) is 48.3. The van der Waals surface area contributed by atoms with Crippen molar-refractivity contribution in [2.45, 2.75) is 193 Å². The summed E-state index contributed by atoms with van der Waals surface area (Å²) in [6, 6.07) is 6.88. The van der Waals surface area contributed by atoms with Crippen LogP contribution in [0.5, 0.6) is 0 Å². The Morgan fingerprint density at radius 1 is 0.474 bits per heavy atom. The number of rotatable bonds is 39. The second kappa shape index (κ2) is 38.1. The molecule has 2 N–H and O–H groups in total. The number of hydrogen-bond donors (Lipinski definition) is 2. The molecule has 0 saturated heterocycles. The van der Waals surface area contributed by atoms with Crippen molar-refractivity contribution in [2.75, 3.05) is 20.6 Å². The van der Waals surface area contributed by atoms with E-state index in [9.17, 15) is 14.4 Å². The van der Waals surface area contributed by atoms with Gasteiger partial charge >= 0.3 is 17.9 Å². The molecular weight excluding hydrogens is 711 g/mol. The number of allylic oxidation sites excluding steroid dienone is 8. The Labute approximate surface area is 348 Å². The van der Waals surface area contributed by atoms with E-state index < -0.39 is 11.9 Å². The fraction of sp³-hybridized carbons (Fsp3) is 0.660. The first kappa shape index (κ1) is 51.6. The highest BCUT2D eigenvalue weighted by molar-refractivity contribution is 5.69. The molecule has 0 heterocycles. The summed E-state index contributed by atoms with van der Waals surface area (Å²) in [5.41, 5.74) is 3.84. The number of ether oxygens (including phenoxy) is 1. The first-order valence-corrected chi connectivity index (χ1v) is 22.7. The third-order valence-electron chi connectivity index (χ3n) is 10.2. The molecule has 1 aromatic rings. The van der Waals surface area contributed by atoms with Crippen LogP contribution in [0.3, 0.4) is 0 Å². The van der Waals surface area contributed by atoms with Gasteiger partial charge in [-0.15, -0.1) is 0 Å². The number of aliphatic carboxylic acids is 2. The van der Waals surface area contributed by atoms with Crippen LogP contribution in [0.25, 0.3) is 0 Å². The van der Waals surface area contributed by atoms with Crippen LogP contribution in [-0.4, -0.2) is 53.7 Å². The van der Waals surface area contributed by atoms with Gasteiger partial charge in [-0.2, -0.15) is 0 Å². The third-order valence-corrected chi connectivity index (χ3v) is 10.2. The molecule has 0 aliphatic heterocycles. The molecule has 0 amide bonds. The van der Waals surface area contributed by atoms with E-state index in [0.29, 0.717) is 32.4 Å². The molecule has 57 heavy (non-hydrogen) atoms. The number of unbranched alkanes of at least 4 members (excludes halogenated alkanes) is 18. The van der Waals surface area contributed by atoms with Gasteiger partial charge in [-0.1, -0.05) is 131 Å². The van der Waals surface area contributed by atoms with Crippen LogP contribution in [0.15, 0.2) is 66.8 Å². The summed E-state index contributed by atoms with van der Waals surface area (Å²) in [6.45, 7) is 1.05. The normalized spacial score (nSPS) is 12.0. The first-order valence-electron chi connectivity index (χ1n) is 22.7. The lowest BCUT2D eigenvalue weighted by molar-refractivity contribution is -0.145. The topological polar surface area (TPSA) is 104 Å². The third kappa shape index (κ3) is 36.6. The summed E-state index contributed by atoms with van der Waals surface area (Å²) in [5.74, 6) is -1.51. The number of carbonyl (C=O) groups excluding carboxylic acids is 1. The molecule has 0 aromatic heterocycles. The van der Waals surface area contributed by atoms with Gasteiger partial charge in [0.2, 0.25) is 0 Å². The Morgan fingerprint density at radius 2 is 0.825 bits per heavy atom. The highest BCUT2D eigenvalue weighted by atomic mass is 16.5. The smallest absolute Gasteiger partial charge is 0.307 e. The molecule has 0 fully saturated rings. The van der Waals surface area contributed by atoms with Crippen molar-refractivity contribution in [2.24, 2.45) is 0 Å². The van der Waals surface area contributed by atoms with Gasteiger partial charge in [0, 0.05) is 19.4 Å². The zero-order valence-corrected chi connectivity index (χ0v) is 36.2. The monoisotopic (exact) mass is 792 g/mol. The van der Waals surface area contributed by atoms with Crippen molar-refractivity contribution in [3.05, 3.63) is 83.5 Å². The molecule has 0 aliphatic carbocycles. The fourth-order valence-electron chi connectivity index (χ4n) is 6.80. The summed E-state index contributed by atoms with van der Waals surface area (Å²) in [4.78, 5) is 35.4. The second-order valence-electron chi connectivity index (χ2n) is 16.0. The molecular formula is C50H81NO6. The molecule has 0 bridgehead atoms. The van der Waals surface area contributed by atoms with Crippen molar-refractivity contribution in [3.63, 3.8) is 0 Å². The largest absolute Gasteiger partial charge is 0.481 e. The van der Waals surface area contributed by atoms with Crippen LogP contribution in [-0.2, 0) is 38.6 Å². The summed E-state index contributed by atoms with van der Waals surface area (Å²) < 4.78 is 5.66. The van der Waals surface area contributed by atoms with E-state index in [1.807, 2.05) is 19.0 Å². The van der Waals surface area contributed by atoms with Crippen LogP contribution >= 0.6 is 0 Å². The molecule has 322 valence electrons. The van der Waals surface area contributed by atoms with Crippen LogP contribution in [0.1, 0.15) is 190 Å². The minimum atomic E-state index is -0.687. The Bertz CT molecular complexity index is 1200. The van der Waals surface area contributed by atoms with Gasteiger partial charge in [0.15, 0.2) is 0 Å². The van der Waals surface area contributed by atoms with E-state index in [4.69, 9.17) is 14.9 Å². The Hall–Kier alpha value is -3.45. The molecule has 1 aromatic carbocycles. The van der Waals surface area contributed by atoms with Gasteiger partial charge in [-0.05, 0) is 134 Å². The van der Waals surface area contributed by atoms with Crippen LogP contribution in [0.4, 0.5) is 0 Å². The van der Waals surface area contributed by atoms with Gasteiger partial charge < -0.3 is 19.8 Å². The number of aryl methyl sites for hydroxylation is 2. The van der Waals surface area contributed by atoms with Crippen LogP contribution < -0.4 is 0 Å². The minimum absolute atomic E-state index is 0.137. The molecule has 0 radical (unpaired) electrons. The predicted octanol–water partition coefficient (Wildman–Crippen LogP) is 13.3. The van der Waals surface area contributed by atoms with E-state index in [1.54, 1.807) is 0 Å². The van der Waals surface area contributed by atoms with E-state index in [1.165, 1.54) is 88.2 Å². The average molecular weight is 792 g/mol. The SMILES string of the molecule is CN(C)CCC(=O)OCc1cc(CCCCCCC=CCC=CCCCCCCCC(=O)O)cc(CCCCCCC=CCC=CCCCCCCCC(=O)O)c1. The number of esters is 1. The number of hydrogen-bond acceptors (Lipinski definition) is 5. The van der Waals surface area contributed by atoms with Gasteiger partial charge in [0.25, 0.3) is 0 Å². The fourth-order valence-corrected chi connectivity index (χ4v) is 6.80. The van der Waals surface area contributed by atoms with Crippen LogP contribution in [0.2, 0.25) is 0 Å². The second-order valence-corrected chi connectivity index (χ2v) is 16.0. The van der Waals surface area contributed by atoms with Gasteiger partial charge in [0.1, 0.15) is 6.61 Å². The van der Waals surface area contributed by atoms with E-state index in [2.05, 4.69) is 66.8 Å². The maximum absolute atomic E-state index is 12.3.